The lowest BCUT2D eigenvalue weighted by atomic mass is 10.0. The SMILES string of the molecule is CC(C)/C=C(/C(=O)O)c1ccc(Br)c(F)c1. The zero-order valence-electron chi connectivity index (χ0n) is 9.00. The summed E-state index contributed by atoms with van der Waals surface area (Å²) in [6, 6.07) is 4.30. The summed E-state index contributed by atoms with van der Waals surface area (Å²) >= 11 is 3.02. The first-order valence-electron chi connectivity index (χ1n) is 4.82. The number of carbonyl (C=O) groups is 1. The van der Waals surface area contributed by atoms with Crippen LogP contribution in [0.25, 0.3) is 5.57 Å². The van der Waals surface area contributed by atoms with E-state index in [1.54, 1.807) is 12.1 Å². The van der Waals surface area contributed by atoms with E-state index >= 15 is 0 Å². The Kier molecular flexibility index (Phi) is 4.24. The van der Waals surface area contributed by atoms with E-state index in [9.17, 15) is 9.18 Å². The van der Waals surface area contributed by atoms with Crippen LogP contribution in [0.15, 0.2) is 28.7 Å². The number of hydrogen-bond donors (Lipinski definition) is 1. The van der Waals surface area contributed by atoms with E-state index in [0.717, 1.165) is 0 Å². The van der Waals surface area contributed by atoms with Crippen molar-refractivity contribution in [2.75, 3.05) is 0 Å². The van der Waals surface area contributed by atoms with Crippen molar-refractivity contribution in [3.05, 3.63) is 40.1 Å². The number of allylic oxidation sites excluding steroid dienone is 1. The van der Waals surface area contributed by atoms with Gasteiger partial charge in [0, 0.05) is 0 Å². The van der Waals surface area contributed by atoms with Crippen LogP contribution in [0.2, 0.25) is 0 Å². The molecule has 0 bridgehead atoms. The number of carboxylic acid groups (broad SMARTS) is 1. The van der Waals surface area contributed by atoms with Crippen molar-refractivity contribution in [3.8, 4) is 0 Å². The van der Waals surface area contributed by atoms with Gasteiger partial charge in [0.1, 0.15) is 5.82 Å². The molecule has 0 amide bonds. The van der Waals surface area contributed by atoms with Crippen molar-refractivity contribution in [1.29, 1.82) is 0 Å². The Labute approximate surface area is 102 Å². The molecule has 2 nitrogen and oxygen atoms in total. The van der Waals surface area contributed by atoms with Crippen molar-refractivity contribution in [1.82, 2.24) is 0 Å². The first kappa shape index (κ1) is 12.9. The number of hydrogen-bond acceptors (Lipinski definition) is 1. The Balaban J connectivity index is 3.22. The quantitative estimate of drug-likeness (QED) is 0.860. The molecule has 1 aromatic carbocycles. The molecule has 1 aromatic rings. The second-order valence-electron chi connectivity index (χ2n) is 3.76. The average molecular weight is 287 g/mol. The van der Waals surface area contributed by atoms with Gasteiger partial charge in [-0.3, -0.25) is 0 Å². The third kappa shape index (κ3) is 3.17. The zero-order valence-corrected chi connectivity index (χ0v) is 10.6. The highest BCUT2D eigenvalue weighted by atomic mass is 79.9. The molecule has 1 N–H and O–H groups in total. The van der Waals surface area contributed by atoms with Gasteiger partial charge in [0.2, 0.25) is 0 Å². The van der Waals surface area contributed by atoms with E-state index in [-0.39, 0.29) is 11.5 Å². The Morgan fingerprint density at radius 1 is 1.50 bits per heavy atom. The van der Waals surface area contributed by atoms with Crippen LogP contribution < -0.4 is 0 Å². The zero-order chi connectivity index (χ0) is 12.3. The van der Waals surface area contributed by atoms with Crippen LogP contribution >= 0.6 is 15.9 Å². The van der Waals surface area contributed by atoms with Gasteiger partial charge in [-0.1, -0.05) is 26.0 Å². The number of rotatable bonds is 3. The first-order chi connectivity index (χ1) is 7.41. The van der Waals surface area contributed by atoms with Crippen molar-refractivity contribution in [2.45, 2.75) is 13.8 Å². The molecular weight excluding hydrogens is 275 g/mol. The van der Waals surface area contributed by atoms with Gasteiger partial charge >= 0.3 is 5.97 Å². The van der Waals surface area contributed by atoms with Gasteiger partial charge in [0.15, 0.2) is 0 Å². The van der Waals surface area contributed by atoms with Crippen molar-refractivity contribution in [2.24, 2.45) is 5.92 Å². The lowest BCUT2D eigenvalue weighted by molar-refractivity contribution is -0.130. The first-order valence-corrected chi connectivity index (χ1v) is 5.61. The minimum atomic E-state index is -1.05. The second kappa shape index (κ2) is 5.25. The summed E-state index contributed by atoms with van der Waals surface area (Å²) in [6.07, 6.45) is 1.60. The molecule has 0 unspecified atom stereocenters. The smallest absolute Gasteiger partial charge is 0.335 e. The predicted molar refractivity (Wildman–Crippen MR) is 64.6 cm³/mol. The molecule has 0 aliphatic heterocycles. The number of benzene rings is 1. The largest absolute Gasteiger partial charge is 0.478 e. The van der Waals surface area contributed by atoms with Gasteiger partial charge in [0.25, 0.3) is 0 Å². The van der Waals surface area contributed by atoms with E-state index < -0.39 is 11.8 Å². The summed E-state index contributed by atoms with van der Waals surface area (Å²) in [5, 5.41) is 9.03. The molecule has 0 heterocycles. The molecule has 0 saturated carbocycles. The summed E-state index contributed by atoms with van der Waals surface area (Å²) < 4.78 is 13.6. The van der Waals surface area contributed by atoms with Gasteiger partial charge in [-0.2, -0.15) is 0 Å². The van der Waals surface area contributed by atoms with Gasteiger partial charge < -0.3 is 5.11 Å². The lowest BCUT2D eigenvalue weighted by Crippen LogP contribution is -2.02. The molecule has 1 rings (SSSR count). The maximum Gasteiger partial charge on any atom is 0.335 e. The van der Waals surface area contributed by atoms with Crippen LogP contribution in [-0.4, -0.2) is 11.1 Å². The van der Waals surface area contributed by atoms with Gasteiger partial charge in [-0.15, -0.1) is 0 Å². The summed E-state index contributed by atoms with van der Waals surface area (Å²) in [5.74, 6) is -1.42. The number of carboxylic acids is 1. The summed E-state index contributed by atoms with van der Waals surface area (Å²) in [7, 11) is 0. The Hall–Kier alpha value is -1.16. The average Bonchev–Trinajstić information content (AvgIpc) is 2.18. The van der Waals surface area contributed by atoms with Crippen molar-refractivity contribution >= 4 is 27.5 Å². The maximum absolute atomic E-state index is 13.3. The minimum Gasteiger partial charge on any atom is -0.478 e. The third-order valence-corrected chi connectivity index (χ3v) is 2.60. The predicted octanol–water partition coefficient (Wildman–Crippen LogP) is 3.71. The monoisotopic (exact) mass is 286 g/mol. The second-order valence-corrected chi connectivity index (χ2v) is 4.61. The van der Waals surface area contributed by atoms with Crippen molar-refractivity contribution in [3.63, 3.8) is 0 Å². The molecule has 0 fully saturated rings. The summed E-state index contributed by atoms with van der Waals surface area (Å²) in [5.41, 5.74) is 0.503. The highest BCUT2D eigenvalue weighted by molar-refractivity contribution is 9.10. The molecule has 0 spiro atoms. The van der Waals surface area contributed by atoms with Crippen LogP contribution in [0.3, 0.4) is 0 Å². The molecular formula is C12H12BrFO2. The van der Waals surface area contributed by atoms with Crippen LogP contribution in [0.4, 0.5) is 4.39 Å². The summed E-state index contributed by atoms with van der Waals surface area (Å²) in [4.78, 5) is 11.0. The van der Waals surface area contributed by atoms with Crippen LogP contribution in [-0.2, 0) is 4.79 Å². The van der Waals surface area contributed by atoms with E-state index in [4.69, 9.17) is 5.11 Å². The van der Waals surface area contributed by atoms with E-state index in [1.165, 1.54) is 12.1 Å². The topological polar surface area (TPSA) is 37.3 Å². The Morgan fingerprint density at radius 2 is 2.12 bits per heavy atom. The fourth-order valence-corrected chi connectivity index (χ4v) is 1.53. The normalized spacial score (nSPS) is 11.9. The highest BCUT2D eigenvalue weighted by Crippen LogP contribution is 2.22. The Bertz CT molecular complexity index is 439. The number of halogens is 2. The van der Waals surface area contributed by atoms with E-state index in [0.29, 0.717) is 10.0 Å². The third-order valence-electron chi connectivity index (χ3n) is 1.96. The summed E-state index contributed by atoms with van der Waals surface area (Å²) in [6.45, 7) is 3.75. The minimum absolute atomic E-state index is 0.0952. The molecule has 0 radical (unpaired) electrons. The van der Waals surface area contributed by atoms with Gasteiger partial charge in [-0.25, -0.2) is 9.18 Å². The fourth-order valence-electron chi connectivity index (χ4n) is 1.29. The number of aliphatic carboxylic acids is 1. The van der Waals surface area contributed by atoms with Crippen molar-refractivity contribution < 1.29 is 14.3 Å². The van der Waals surface area contributed by atoms with E-state index in [2.05, 4.69) is 15.9 Å². The molecule has 16 heavy (non-hydrogen) atoms. The maximum atomic E-state index is 13.3. The lowest BCUT2D eigenvalue weighted by Gasteiger charge is -2.05. The van der Waals surface area contributed by atoms with Crippen LogP contribution in [0.1, 0.15) is 19.4 Å². The van der Waals surface area contributed by atoms with Gasteiger partial charge in [0.05, 0.1) is 10.0 Å². The van der Waals surface area contributed by atoms with E-state index in [1.807, 2.05) is 13.8 Å². The van der Waals surface area contributed by atoms with Gasteiger partial charge in [-0.05, 0) is 39.5 Å². The standard InChI is InChI=1S/C12H12BrFO2/c1-7(2)5-9(12(15)16)8-3-4-10(13)11(14)6-8/h3-7H,1-2H3,(H,15,16)/b9-5+. The molecule has 0 aliphatic carbocycles. The van der Waals surface area contributed by atoms with Crippen LogP contribution in [0.5, 0.6) is 0 Å². The van der Waals surface area contributed by atoms with Crippen LogP contribution in [0, 0.1) is 11.7 Å². The molecule has 4 heteroatoms. The fraction of sp³-hybridized carbons (Fsp3) is 0.250. The molecule has 0 aliphatic rings. The molecule has 0 aromatic heterocycles. The molecule has 0 atom stereocenters. The highest BCUT2D eigenvalue weighted by Gasteiger charge is 2.12. The molecule has 0 saturated heterocycles. The Morgan fingerprint density at radius 3 is 2.56 bits per heavy atom. The molecule has 86 valence electrons.